The molecule has 0 aliphatic carbocycles. The van der Waals surface area contributed by atoms with E-state index in [-0.39, 0.29) is 0 Å². The van der Waals surface area contributed by atoms with Crippen LogP contribution in [0.2, 0.25) is 0 Å². The highest BCUT2D eigenvalue weighted by molar-refractivity contribution is 7.10. The molecule has 1 aromatic rings. The summed E-state index contributed by atoms with van der Waals surface area (Å²) in [6, 6.07) is 4.02. The van der Waals surface area contributed by atoms with Gasteiger partial charge < -0.3 is 5.73 Å². The van der Waals surface area contributed by atoms with Crippen molar-refractivity contribution < 1.29 is 0 Å². The predicted molar refractivity (Wildman–Crippen MR) is 86.2 cm³/mol. The Labute approximate surface area is 126 Å². The molecule has 2 unspecified atom stereocenters. The van der Waals surface area contributed by atoms with Gasteiger partial charge in [-0.25, -0.2) is 0 Å². The maximum Gasteiger partial charge on any atom is 0.0416 e. The molecule has 2 N–H and O–H groups in total. The van der Waals surface area contributed by atoms with Gasteiger partial charge in [0.1, 0.15) is 0 Å². The van der Waals surface area contributed by atoms with Gasteiger partial charge in [0.15, 0.2) is 0 Å². The summed E-state index contributed by atoms with van der Waals surface area (Å²) in [6.07, 6.45) is 3.68. The molecule has 0 spiro atoms. The molecule has 1 aromatic heterocycles. The van der Waals surface area contributed by atoms with Gasteiger partial charge in [-0.15, -0.1) is 11.3 Å². The van der Waals surface area contributed by atoms with Gasteiger partial charge in [0.05, 0.1) is 0 Å². The Morgan fingerprint density at radius 2 is 2.00 bits per heavy atom. The zero-order chi connectivity index (χ0) is 14.1. The predicted octanol–water partition coefficient (Wildman–Crippen LogP) is 2.61. The van der Waals surface area contributed by atoms with Gasteiger partial charge in [-0.1, -0.05) is 0 Å². The van der Waals surface area contributed by atoms with Crippen molar-refractivity contribution in [3.63, 3.8) is 0 Å². The van der Waals surface area contributed by atoms with Gasteiger partial charge in [0, 0.05) is 36.1 Å². The van der Waals surface area contributed by atoms with Crippen LogP contribution in [0.3, 0.4) is 0 Å². The Morgan fingerprint density at radius 3 is 2.65 bits per heavy atom. The third-order valence-electron chi connectivity index (χ3n) is 5.11. The zero-order valence-electron chi connectivity index (χ0n) is 12.7. The van der Waals surface area contributed by atoms with Crippen molar-refractivity contribution in [2.45, 2.75) is 51.2 Å². The largest absolute Gasteiger partial charge is 0.328 e. The van der Waals surface area contributed by atoms with Crippen LogP contribution >= 0.6 is 11.3 Å². The molecule has 2 aliphatic heterocycles. The van der Waals surface area contributed by atoms with E-state index in [4.69, 9.17) is 5.73 Å². The van der Waals surface area contributed by atoms with E-state index in [1.54, 1.807) is 4.88 Å². The first kappa shape index (κ1) is 14.5. The summed E-state index contributed by atoms with van der Waals surface area (Å²) in [5, 5.41) is 2.22. The minimum absolute atomic E-state index is 0.441. The summed E-state index contributed by atoms with van der Waals surface area (Å²) in [6.45, 7) is 9.48. The van der Waals surface area contributed by atoms with E-state index in [0.717, 1.165) is 6.04 Å². The molecule has 0 aromatic carbocycles. The molecule has 2 atom stereocenters. The van der Waals surface area contributed by atoms with Gasteiger partial charge in [-0.2, -0.15) is 0 Å². The fraction of sp³-hybridized carbons (Fsp3) is 0.750. The van der Waals surface area contributed by atoms with Gasteiger partial charge in [-0.3, -0.25) is 9.80 Å². The maximum atomic E-state index is 6.02. The highest BCUT2D eigenvalue weighted by Gasteiger charge is 2.32. The van der Waals surface area contributed by atoms with Crippen LogP contribution in [0.1, 0.15) is 42.7 Å². The number of hydrogen-bond acceptors (Lipinski definition) is 4. The van der Waals surface area contributed by atoms with Crippen LogP contribution in [-0.4, -0.2) is 48.1 Å². The number of rotatable bonds is 3. The van der Waals surface area contributed by atoms with Crippen molar-refractivity contribution in [2.75, 3.05) is 26.2 Å². The molecule has 112 valence electrons. The second-order valence-corrected chi connectivity index (χ2v) is 7.40. The lowest BCUT2D eigenvalue weighted by Gasteiger charge is -2.35. The summed E-state index contributed by atoms with van der Waals surface area (Å²) in [4.78, 5) is 6.89. The molecule has 0 bridgehead atoms. The van der Waals surface area contributed by atoms with Crippen LogP contribution in [0.5, 0.6) is 0 Å². The van der Waals surface area contributed by atoms with Crippen LogP contribution in [0.25, 0.3) is 0 Å². The molecular formula is C16H27N3S. The van der Waals surface area contributed by atoms with Crippen molar-refractivity contribution >= 4 is 11.3 Å². The van der Waals surface area contributed by atoms with Crippen molar-refractivity contribution in [1.82, 2.24) is 9.80 Å². The SMILES string of the molecule is Cc1ccsc1C(C)N1CCC(N2CCC(N)CC2)C1. The minimum Gasteiger partial charge on any atom is -0.328 e. The highest BCUT2D eigenvalue weighted by Crippen LogP contribution is 2.32. The number of likely N-dealkylation sites (tertiary alicyclic amines) is 2. The monoisotopic (exact) mass is 293 g/mol. The fourth-order valence-electron chi connectivity index (χ4n) is 3.68. The standard InChI is InChI=1S/C16H27N3S/c1-12-6-10-20-16(12)13(2)19-9-5-15(11-19)18-7-3-14(17)4-8-18/h6,10,13-15H,3-5,7-9,11,17H2,1-2H3. The number of nitrogens with zero attached hydrogens (tertiary/aromatic N) is 2. The number of piperidine rings is 1. The van der Waals surface area contributed by atoms with E-state index in [0.29, 0.717) is 12.1 Å². The van der Waals surface area contributed by atoms with Crippen LogP contribution in [0.15, 0.2) is 11.4 Å². The first-order valence-electron chi connectivity index (χ1n) is 7.93. The van der Waals surface area contributed by atoms with Gasteiger partial charge >= 0.3 is 0 Å². The number of thiophene rings is 1. The molecule has 2 saturated heterocycles. The second-order valence-electron chi connectivity index (χ2n) is 6.45. The molecule has 0 saturated carbocycles. The first-order valence-corrected chi connectivity index (χ1v) is 8.81. The molecule has 20 heavy (non-hydrogen) atoms. The minimum atomic E-state index is 0.441. The molecule has 3 rings (SSSR count). The van der Waals surface area contributed by atoms with Crippen LogP contribution in [0.4, 0.5) is 0 Å². The normalized spacial score (nSPS) is 28.1. The fourth-order valence-corrected chi connectivity index (χ4v) is 4.70. The summed E-state index contributed by atoms with van der Waals surface area (Å²) in [7, 11) is 0. The lowest BCUT2D eigenvalue weighted by atomic mass is 10.0. The molecule has 0 amide bonds. The van der Waals surface area contributed by atoms with Crippen LogP contribution in [-0.2, 0) is 0 Å². The third kappa shape index (κ3) is 2.93. The highest BCUT2D eigenvalue weighted by atomic mass is 32.1. The Balaban J connectivity index is 1.58. The Bertz CT molecular complexity index is 437. The van der Waals surface area contributed by atoms with Crippen LogP contribution < -0.4 is 5.73 Å². The molecule has 3 heterocycles. The average molecular weight is 293 g/mol. The smallest absolute Gasteiger partial charge is 0.0416 e. The summed E-state index contributed by atoms with van der Waals surface area (Å²) < 4.78 is 0. The van der Waals surface area contributed by atoms with Gasteiger partial charge in [0.25, 0.3) is 0 Å². The number of nitrogens with two attached hydrogens (primary N) is 1. The average Bonchev–Trinajstić information content (AvgIpc) is 3.08. The van der Waals surface area contributed by atoms with E-state index >= 15 is 0 Å². The van der Waals surface area contributed by atoms with Crippen molar-refractivity contribution in [1.29, 1.82) is 0 Å². The van der Waals surface area contributed by atoms with E-state index < -0.39 is 0 Å². The van der Waals surface area contributed by atoms with Gasteiger partial charge in [0.2, 0.25) is 0 Å². The molecule has 2 aliphatic rings. The molecule has 2 fully saturated rings. The van der Waals surface area contributed by atoms with Crippen LogP contribution in [0, 0.1) is 6.92 Å². The lowest BCUT2D eigenvalue weighted by Crippen LogP contribution is -2.46. The van der Waals surface area contributed by atoms with E-state index in [2.05, 4.69) is 35.1 Å². The molecule has 4 heteroatoms. The summed E-state index contributed by atoms with van der Waals surface area (Å²) in [5.41, 5.74) is 7.47. The molecule has 0 radical (unpaired) electrons. The topological polar surface area (TPSA) is 32.5 Å². The van der Waals surface area contributed by atoms with Crippen molar-refractivity contribution in [3.8, 4) is 0 Å². The quantitative estimate of drug-likeness (QED) is 0.930. The maximum absolute atomic E-state index is 6.02. The zero-order valence-corrected chi connectivity index (χ0v) is 13.5. The van der Waals surface area contributed by atoms with E-state index in [9.17, 15) is 0 Å². The van der Waals surface area contributed by atoms with E-state index in [1.807, 2.05) is 11.3 Å². The lowest BCUT2D eigenvalue weighted by molar-refractivity contribution is 0.146. The molecular weight excluding hydrogens is 266 g/mol. The van der Waals surface area contributed by atoms with Crippen molar-refractivity contribution in [3.05, 3.63) is 21.9 Å². The Hall–Kier alpha value is -0.420. The summed E-state index contributed by atoms with van der Waals surface area (Å²) in [5.74, 6) is 0. The first-order chi connectivity index (χ1) is 9.65. The summed E-state index contributed by atoms with van der Waals surface area (Å²) >= 11 is 1.91. The Kier molecular flexibility index (Phi) is 4.46. The Morgan fingerprint density at radius 1 is 1.25 bits per heavy atom. The van der Waals surface area contributed by atoms with Gasteiger partial charge in [-0.05, 0) is 63.2 Å². The number of aryl methyl sites for hydroxylation is 1. The number of hydrogen-bond donors (Lipinski definition) is 1. The van der Waals surface area contributed by atoms with E-state index in [1.165, 1.54) is 51.0 Å². The second kappa shape index (κ2) is 6.14. The third-order valence-corrected chi connectivity index (χ3v) is 6.30. The molecule has 3 nitrogen and oxygen atoms in total. The van der Waals surface area contributed by atoms with Crippen molar-refractivity contribution in [2.24, 2.45) is 5.73 Å².